The van der Waals surface area contributed by atoms with E-state index in [2.05, 4.69) is 9.97 Å². The van der Waals surface area contributed by atoms with Gasteiger partial charge in [0.25, 0.3) is 0 Å². The molecule has 0 fully saturated rings. The number of hydrogen-bond acceptors (Lipinski definition) is 4. The van der Waals surface area contributed by atoms with Gasteiger partial charge in [-0.3, -0.25) is 0 Å². The lowest BCUT2D eigenvalue weighted by Crippen LogP contribution is -2.08. The van der Waals surface area contributed by atoms with Crippen molar-refractivity contribution in [2.45, 2.75) is 18.8 Å². The molecule has 2 aromatic rings. The highest BCUT2D eigenvalue weighted by atomic mass is 35.5. The molecule has 0 spiro atoms. The number of hydrogen-bond donors (Lipinski definition) is 0. The molecule has 0 aliphatic heterocycles. The molecule has 0 aliphatic rings. The van der Waals surface area contributed by atoms with Gasteiger partial charge in [0, 0.05) is 26.5 Å². The van der Waals surface area contributed by atoms with Crippen LogP contribution in [0.3, 0.4) is 0 Å². The number of aromatic nitrogens is 3. The molecule has 110 valence electrons. The molecular weight excluding hydrogens is 301 g/mol. The van der Waals surface area contributed by atoms with Crippen molar-refractivity contribution in [1.82, 2.24) is 14.5 Å². The Bertz CT molecular complexity index is 560. The summed E-state index contributed by atoms with van der Waals surface area (Å²) in [5, 5.41) is 0.575. The van der Waals surface area contributed by atoms with E-state index in [0.717, 1.165) is 30.0 Å². The van der Waals surface area contributed by atoms with Gasteiger partial charge >= 0.3 is 0 Å². The van der Waals surface area contributed by atoms with E-state index >= 15 is 0 Å². The van der Waals surface area contributed by atoms with Crippen LogP contribution in [-0.4, -0.2) is 41.5 Å². The van der Waals surface area contributed by atoms with Gasteiger partial charge in [0.2, 0.25) is 0 Å². The van der Waals surface area contributed by atoms with E-state index in [1.807, 2.05) is 4.57 Å². The second-order valence-corrected chi connectivity index (χ2v) is 4.97. The van der Waals surface area contributed by atoms with Crippen molar-refractivity contribution in [3.05, 3.63) is 23.1 Å². The molecule has 0 saturated carbocycles. The van der Waals surface area contributed by atoms with Crippen LogP contribution < -0.4 is 0 Å². The summed E-state index contributed by atoms with van der Waals surface area (Å²) in [6.45, 7) is 2.65. The Labute approximate surface area is 127 Å². The maximum Gasteiger partial charge on any atom is 0.160 e. The standard InChI is InChI=1S/C13H17Cl2N3O2/c1-19-5-6-20-4-2-3-18-12(8-14)17-11-7-10(15)9-16-13(11)18/h7,9H,2-6,8H2,1H3. The van der Waals surface area contributed by atoms with Gasteiger partial charge in [-0.1, -0.05) is 11.6 Å². The minimum atomic E-state index is 0.346. The summed E-state index contributed by atoms with van der Waals surface area (Å²) in [5.41, 5.74) is 1.58. The first-order valence-corrected chi connectivity index (χ1v) is 7.31. The zero-order valence-electron chi connectivity index (χ0n) is 11.3. The SMILES string of the molecule is COCCOCCCn1c(CCl)nc2cc(Cl)cnc21. The number of halogens is 2. The zero-order chi connectivity index (χ0) is 14.4. The van der Waals surface area contributed by atoms with Gasteiger partial charge in [0.1, 0.15) is 11.3 Å². The molecule has 0 amide bonds. The summed E-state index contributed by atoms with van der Waals surface area (Å²) >= 11 is 11.9. The number of nitrogens with zero attached hydrogens (tertiary/aromatic N) is 3. The highest BCUT2D eigenvalue weighted by Gasteiger charge is 2.11. The van der Waals surface area contributed by atoms with Crippen molar-refractivity contribution >= 4 is 34.4 Å². The van der Waals surface area contributed by atoms with E-state index in [-0.39, 0.29) is 0 Å². The van der Waals surface area contributed by atoms with E-state index < -0.39 is 0 Å². The van der Waals surface area contributed by atoms with E-state index in [4.69, 9.17) is 32.7 Å². The molecule has 0 N–H and O–H groups in total. The second kappa shape index (κ2) is 7.78. The summed E-state index contributed by atoms with van der Waals surface area (Å²) in [5.74, 6) is 1.15. The van der Waals surface area contributed by atoms with Gasteiger partial charge in [-0.25, -0.2) is 9.97 Å². The van der Waals surface area contributed by atoms with Crippen LogP contribution in [0.4, 0.5) is 0 Å². The first-order valence-electron chi connectivity index (χ1n) is 6.39. The van der Waals surface area contributed by atoms with Gasteiger partial charge in [-0.15, -0.1) is 11.6 Å². The van der Waals surface area contributed by atoms with E-state index in [1.165, 1.54) is 0 Å². The van der Waals surface area contributed by atoms with Crippen molar-refractivity contribution in [2.75, 3.05) is 26.9 Å². The molecule has 0 aromatic carbocycles. The van der Waals surface area contributed by atoms with Gasteiger partial charge in [-0.05, 0) is 12.5 Å². The number of methoxy groups -OCH3 is 1. The minimum Gasteiger partial charge on any atom is -0.382 e. The summed E-state index contributed by atoms with van der Waals surface area (Å²) in [6, 6.07) is 1.80. The Balaban J connectivity index is 2.01. The third-order valence-electron chi connectivity index (χ3n) is 2.85. The van der Waals surface area contributed by atoms with Crippen molar-refractivity contribution < 1.29 is 9.47 Å². The van der Waals surface area contributed by atoms with Gasteiger partial charge in [0.05, 0.1) is 24.1 Å². The van der Waals surface area contributed by atoms with Gasteiger partial charge in [-0.2, -0.15) is 0 Å². The molecule has 0 saturated heterocycles. The Morgan fingerprint density at radius 2 is 2.15 bits per heavy atom. The van der Waals surface area contributed by atoms with Crippen molar-refractivity contribution in [1.29, 1.82) is 0 Å². The topological polar surface area (TPSA) is 49.2 Å². The number of alkyl halides is 1. The number of fused-ring (bicyclic) bond motifs is 1. The molecule has 2 heterocycles. The van der Waals surface area contributed by atoms with E-state index in [1.54, 1.807) is 19.4 Å². The molecule has 7 heteroatoms. The fourth-order valence-electron chi connectivity index (χ4n) is 1.94. The third-order valence-corrected chi connectivity index (χ3v) is 3.30. The average Bonchev–Trinajstić information content (AvgIpc) is 2.79. The van der Waals surface area contributed by atoms with E-state index in [9.17, 15) is 0 Å². The molecule has 0 atom stereocenters. The number of imidazole rings is 1. The predicted molar refractivity (Wildman–Crippen MR) is 79.4 cm³/mol. The monoisotopic (exact) mass is 317 g/mol. The predicted octanol–water partition coefficient (Wildman–Crippen LogP) is 2.88. The lowest BCUT2D eigenvalue weighted by atomic mass is 10.4. The minimum absolute atomic E-state index is 0.346. The third kappa shape index (κ3) is 3.82. The highest BCUT2D eigenvalue weighted by molar-refractivity contribution is 6.31. The van der Waals surface area contributed by atoms with Crippen LogP contribution in [0.2, 0.25) is 5.02 Å². The maximum absolute atomic E-state index is 5.93. The Hall–Kier alpha value is -0.880. The first kappa shape index (κ1) is 15.5. The molecule has 0 aliphatic carbocycles. The fraction of sp³-hybridized carbons (Fsp3) is 0.538. The van der Waals surface area contributed by atoms with Gasteiger partial charge < -0.3 is 14.0 Å². The largest absolute Gasteiger partial charge is 0.382 e. The molecule has 5 nitrogen and oxygen atoms in total. The van der Waals surface area contributed by atoms with Gasteiger partial charge in [0.15, 0.2) is 5.65 Å². The normalized spacial score (nSPS) is 11.3. The molecule has 2 rings (SSSR count). The summed E-state index contributed by atoms with van der Waals surface area (Å²) < 4.78 is 12.4. The van der Waals surface area contributed by atoms with Crippen LogP contribution in [0.5, 0.6) is 0 Å². The molecule has 2 aromatic heterocycles. The van der Waals surface area contributed by atoms with Crippen LogP contribution in [0.15, 0.2) is 12.3 Å². The van der Waals surface area contributed by atoms with E-state index in [0.29, 0.717) is 30.7 Å². The smallest absolute Gasteiger partial charge is 0.160 e. The number of pyridine rings is 1. The molecule has 20 heavy (non-hydrogen) atoms. The average molecular weight is 318 g/mol. The maximum atomic E-state index is 5.93. The number of aryl methyl sites for hydroxylation is 1. The summed E-state index contributed by atoms with van der Waals surface area (Å²) in [7, 11) is 1.66. The Morgan fingerprint density at radius 3 is 2.90 bits per heavy atom. The summed E-state index contributed by atoms with van der Waals surface area (Å²) in [4.78, 5) is 8.77. The van der Waals surface area contributed by atoms with Crippen LogP contribution in [0, 0.1) is 0 Å². The quantitative estimate of drug-likeness (QED) is 0.555. The zero-order valence-corrected chi connectivity index (χ0v) is 12.8. The molecule has 0 radical (unpaired) electrons. The van der Waals surface area contributed by atoms with Crippen LogP contribution in [0.1, 0.15) is 12.2 Å². The van der Waals surface area contributed by atoms with Crippen LogP contribution in [-0.2, 0) is 21.9 Å². The number of ether oxygens (including phenoxy) is 2. The van der Waals surface area contributed by atoms with Crippen molar-refractivity contribution in [3.63, 3.8) is 0 Å². The van der Waals surface area contributed by atoms with Crippen LogP contribution >= 0.6 is 23.2 Å². The lowest BCUT2D eigenvalue weighted by molar-refractivity contribution is 0.0680. The van der Waals surface area contributed by atoms with Crippen molar-refractivity contribution in [2.24, 2.45) is 0 Å². The molecular formula is C13H17Cl2N3O2. The highest BCUT2D eigenvalue weighted by Crippen LogP contribution is 2.19. The Morgan fingerprint density at radius 1 is 1.30 bits per heavy atom. The fourth-order valence-corrected chi connectivity index (χ4v) is 2.30. The summed E-state index contributed by atoms with van der Waals surface area (Å²) in [6.07, 6.45) is 2.48. The Kier molecular flexibility index (Phi) is 6.04. The molecule has 0 unspecified atom stereocenters. The van der Waals surface area contributed by atoms with Crippen molar-refractivity contribution in [3.8, 4) is 0 Å². The number of rotatable bonds is 8. The second-order valence-electron chi connectivity index (χ2n) is 4.27. The molecule has 0 bridgehead atoms. The van der Waals surface area contributed by atoms with Crippen LogP contribution in [0.25, 0.3) is 11.2 Å². The first-order chi connectivity index (χ1) is 9.76. The lowest BCUT2D eigenvalue weighted by Gasteiger charge is -2.07.